The first-order chi connectivity index (χ1) is 10.6. The van der Waals surface area contributed by atoms with Crippen molar-refractivity contribution in [2.75, 3.05) is 27.2 Å². The van der Waals surface area contributed by atoms with E-state index in [0.29, 0.717) is 19.5 Å². The van der Waals surface area contributed by atoms with E-state index in [-0.39, 0.29) is 23.8 Å². The summed E-state index contributed by atoms with van der Waals surface area (Å²) < 4.78 is 5.41. The molecule has 1 aromatic carbocycles. The first-order valence-corrected chi connectivity index (χ1v) is 7.39. The van der Waals surface area contributed by atoms with Crippen molar-refractivity contribution in [3.05, 3.63) is 42.0 Å². The molecule has 0 spiro atoms. The second-order valence-electron chi connectivity index (χ2n) is 5.40. The fraction of sp³-hybridized carbons (Fsp3) is 0.412. The van der Waals surface area contributed by atoms with Gasteiger partial charge in [0, 0.05) is 45.7 Å². The first kappa shape index (κ1) is 16.2. The summed E-state index contributed by atoms with van der Waals surface area (Å²) in [6.45, 7) is 1.07. The Labute approximate surface area is 130 Å². The van der Waals surface area contributed by atoms with Gasteiger partial charge in [0.1, 0.15) is 0 Å². The summed E-state index contributed by atoms with van der Waals surface area (Å²) in [6.07, 6.45) is 3.66. The van der Waals surface area contributed by atoms with Gasteiger partial charge in [0.15, 0.2) is 0 Å². The zero-order valence-corrected chi connectivity index (χ0v) is 13.0. The number of carbonyl (C=O) groups is 2. The molecule has 0 aromatic heterocycles. The Bertz CT molecular complexity index is 542. The number of likely N-dealkylation sites (tertiary alicyclic amines) is 1. The van der Waals surface area contributed by atoms with Gasteiger partial charge in [-0.15, -0.1) is 0 Å². The van der Waals surface area contributed by atoms with E-state index in [0.717, 1.165) is 5.56 Å². The topological polar surface area (TPSA) is 58.6 Å². The Morgan fingerprint density at radius 1 is 1.32 bits per heavy atom. The van der Waals surface area contributed by atoms with Crippen LogP contribution in [0.15, 0.2) is 36.4 Å². The molecule has 1 aliphatic rings. The molecule has 1 aromatic rings. The highest BCUT2D eigenvalue weighted by molar-refractivity contribution is 5.92. The maximum Gasteiger partial charge on any atom is 0.246 e. The highest BCUT2D eigenvalue weighted by Gasteiger charge is 2.35. The molecule has 2 rings (SSSR count). The average Bonchev–Trinajstić information content (AvgIpc) is 2.96. The van der Waals surface area contributed by atoms with E-state index in [2.05, 4.69) is 5.32 Å². The van der Waals surface area contributed by atoms with Crippen molar-refractivity contribution in [3.63, 3.8) is 0 Å². The zero-order chi connectivity index (χ0) is 15.9. The number of methoxy groups -OCH3 is 1. The van der Waals surface area contributed by atoms with Crippen molar-refractivity contribution >= 4 is 17.9 Å². The summed E-state index contributed by atoms with van der Waals surface area (Å²) in [6, 6.07) is 9.69. The van der Waals surface area contributed by atoms with E-state index in [1.807, 2.05) is 30.3 Å². The molecule has 2 amide bonds. The van der Waals surface area contributed by atoms with Crippen LogP contribution in [0.4, 0.5) is 0 Å². The van der Waals surface area contributed by atoms with Crippen molar-refractivity contribution in [2.24, 2.45) is 5.92 Å². The fourth-order valence-electron chi connectivity index (χ4n) is 2.66. The smallest absolute Gasteiger partial charge is 0.246 e. The van der Waals surface area contributed by atoms with Crippen LogP contribution in [-0.2, 0) is 14.3 Å². The number of carbonyl (C=O) groups excluding carboxylic acids is 2. The Morgan fingerprint density at radius 2 is 2.05 bits per heavy atom. The van der Waals surface area contributed by atoms with E-state index in [1.54, 1.807) is 31.2 Å². The van der Waals surface area contributed by atoms with Crippen LogP contribution in [-0.4, -0.2) is 50.1 Å². The van der Waals surface area contributed by atoms with Gasteiger partial charge < -0.3 is 15.0 Å². The van der Waals surface area contributed by atoms with Crippen molar-refractivity contribution in [3.8, 4) is 0 Å². The number of nitrogens with one attached hydrogen (secondary N) is 1. The number of hydrogen-bond acceptors (Lipinski definition) is 3. The van der Waals surface area contributed by atoms with Crippen molar-refractivity contribution < 1.29 is 14.3 Å². The molecule has 1 saturated heterocycles. The number of rotatable bonds is 5. The van der Waals surface area contributed by atoms with Gasteiger partial charge in [0.05, 0.1) is 6.10 Å². The van der Waals surface area contributed by atoms with Crippen LogP contribution in [0.3, 0.4) is 0 Å². The van der Waals surface area contributed by atoms with E-state index in [1.165, 1.54) is 0 Å². The lowest BCUT2D eigenvalue weighted by Crippen LogP contribution is -2.28. The predicted molar refractivity (Wildman–Crippen MR) is 85.0 cm³/mol. The molecule has 0 saturated carbocycles. The van der Waals surface area contributed by atoms with Crippen LogP contribution in [0.2, 0.25) is 0 Å². The molecular weight excluding hydrogens is 280 g/mol. The van der Waals surface area contributed by atoms with Crippen molar-refractivity contribution in [1.82, 2.24) is 10.2 Å². The summed E-state index contributed by atoms with van der Waals surface area (Å²) in [5.74, 6) is -0.0366. The molecule has 1 aliphatic heterocycles. The lowest BCUT2D eigenvalue weighted by atomic mass is 10.0. The Morgan fingerprint density at radius 3 is 2.68 bits per heavy atom. The summed E-state index contributed by atoms with van der Waals surface area (Å²) in [5, 5.41) is 2.62. The lowest BCUT2D eigenvalue weighted by molar-refractivity contribution is -0.126. The van der Waals surface area contributed by atoms with Gasteiger partial charge in [-0.05, 0) is 11.6 Å². The van der Waals surface area contributed by atoms with Gasteiger partial charge in [-0.1, -0.05) is 30.3 Å². The van der Waals surface area contributed by atoms with Crippen LogP contribution in [0.5, 0.6) is 0 Å². The SMILES string of the molecule is CNC(=O)C[C@H]1CN(C(=O)/C=C/c2ccccc2)C[C@@H]1OC. The Hall–Kier alpha value is -2.14. The average molecular weight is 302 g/mol. The van der Waals surface area contributed by atoms with Gasteiger partial charge in [-0.2, -0.15) is 0 Å². The van der Waals surface area contributed by atoms with Gasteiger partial charge in [-0.3, -0.25) is 9.59 Å². The third-order valence-electron chi connectivity index (χ3n) is 3.94. The molecule has 1 N–H and O–H groups in total. The van der Waals surface area contributed by atoms with Gasteiger partial charge in [0.25, 0.3) is 0 Å². The summed E-state index contributed by atoms with van der Waals surface area (Å²) in [7, 11) is 3.24. The quantitative estimate of drug-likeness (QED) is 0.834. The van der Waals surface area contributed by atoms with Gasteiger partial charge in [-0.25, -0.2) is 0 Å². The summed E-state index contributed by atoms with van der Waals surface area (Å²) in [4.78, 5) is 25.5. The monoisotopic (exact) mass is 302 g/mol. The van der Waals surface area contributed by atoms with Crippen molar-refractivity contribution in [1.29, 1.82) is 0 Å². The Kier molecular flexibility index (Phi) is 5.72. The van der Waals surface area contributed by atoms with Crippen LogP contribution < -0.4 is 5.32 Å². The van der Waals surface area contributed by atoms with E-state index in [9.17, 15) is 9.59 Å². The minimum Gasteiger partial charge on any atom is -0.379 e. The summed E-state index contributed by atoms with van der Waals surface area (Å²) in [5.41, 5.74) is 0.986. The minimum atomic E-state index is -0.0913. The molecule has 22 heavy (non-hydrogen) atoms. The number of benzene rings is 1. The summed E-state index contributed by atoms with van der Waals surface area (Å²) >= 11 is 0. The first-order valence-electron chi connectivity index (χ1n) is 7.39. The molecule has 5 nitrogen and oxygen atoms in total. The van der Waals surface area contributed by atoms with Gasteiger partial charge in [0.2, 0.25) is 11.8 Å². The third-order valence-corrected chi connectivity index (χ3v) is 3.94. The maximum atomic E-state index is 12.3. The third kappa shape index (κ3) is 4.18. The van der Waals surface area contributed by atoms with E-state index < -0.39 is 0 Å². The maximum absolute atomic E-state index is 12.3. The van der Waals surface area contributed by atoms with Crippen molar-refractivity contribution in [2.45, 2.75) is 12.5 Å². The normalized spacial score (nSPS) is 21.3. The van der Waals surface area contributed by atoms with E-state index in [4.69, 9.17) is 4.74 Å². The minimum absolute atomic E-state index is 0.0267. The fourth-order valence-corrected chi connectivity index (χ4v) is 2.66. The largest absolute Gasteiger partial charge is 0.379 e. The molecule has 1 fully saturated rings. The standard InChI is InChI=1S/C17H22N2O3/c1-18-16(20)10-14-11-19(12-15(14)22-2)17(21)9-8-13-6-4-3-5-7-13/h3-9,14-15H,10-12H2,1-2H3,(H,18,20)/b9-8+/t14-,15-/m0/s1. The second-order valence-corrected chi connectivity index (χ2v) is 5.40. The molecule has 0 aliphatic carbocycles. The lowest BCUT2D eigenvalue weighted by Gasteiger charge is -2.14. The van der Waals surface area contributed by atoms with Crippen LogP contribution in [0.1, 0.15) is 12.0 Å². The number of ether oxygens (including phenoxy) is 1. The zero-order valence-electron chi connectivity index (χ0n) is 13.0. The number of amides is 2. The molecule has 2 atom stereocenters. The second kappa shape index (κ2) is 7.75. The molecule has 1 heterocycles. The van der Waals surface area contributed by atoms with Crippen LogP contribution >= 0.6 is 0 Å². The predicted octanol–water partition coefficient (Wildman–Crippen LogP) is 1.31. The number of nitrogens with zero attached hydrogens (tertiary/aromatic N) is 1. The van der Waals surface area contributed by atoms with E-state index >= 15 is 0 Å². The highest BCUT2D eigenvalue weighted by Crippen LogP contribution is 2.23. The van der Waals surface area contributed by atoms with Gasteiger partial charge >= 0.3 is 0 Å². The molecular formula is C17H22N2O3. The molecule has 0 bridgehead atoms. The molecule has 5 heteroatoms. The Balaban J connectivity index is 1.96. The van der Waals surface area contributed by atoms with Crippen LogP contribution in [0, 0.1) is 5.92 Å². The highest BCUT2D eigenvalue weighted by atomic mass is 16.5. The number of hydrogen-bond donors (Lipinski definition) is 1. The van der Waals surface area contributed by atoms with Crippen LogP contribution in [0.25, 0.3) is 6.08 Å². The molecule has 118 valence electrons. The molecule has 0 radical (unpaired) electrons. The molecule has 0 unspecified atom stereocenters.